The predicted octanol–water partition coefficient (Wildman–Crippen LogP) is 4.75. The van der Waals surface area contributed by atoms with Crippen molar-refractivity contribution in [1.82, 2.24) is 9.97 Å². The van der Waals surface area contributed by atoms with Crippen LogP contribution in [0.15, 0.2) is 54.9 Å². The number of aromatic nitrogens is 2. The van der Waals surface area contributed by atoms with Crippen LogP contribution in [0, 0.1) is 25.6 Å². The zero-order valence-electron chi connectivity index (χ0n) is 17.2. The Morgan fingerprint density at radius 1 is 1.10 bits per heavy atom. The number of amides is 1. The summed E-state index contributed by atoms with van der Waals surface area (Å²) in [5, 5.41) is 3.07. The maximum Gasteiger partial charge on any atom is 0.229 e. The van der Waals surface area contributed by atoms with Crippen LogP contribution < -0.4 is 10.2 Å². The number of halogens is 1. The molecule has 0 aliphatic carbocycles. The van der Waals surface area contributed by atoms with Crippen molar-refractivity contribution in [2.45, 2.75) is 26.7 Å². The molecule has 0 radical (unpaired) electrons. The summed E-state index contributed by atoms with van der Waals surface area (Å²) in [7, 11) is 0. The van der Waals surface area contributed by atoms with Crippen molar-refractivity contribution < 1.29 is 9.18 Å². The molecular formula is C24H25FN4O. The molecular weight excluding hydrogens is 379 g/mol. The maximum absolute atomic E-state index is 13.5. The summed E-state index contributed by atoms with van der Waals surface area (Å²) >= 11 is 0. The fourth-order valence-corrected chi connectivity index (χ4v) is 3.86. The lowest BCUT2D eigenvalue weighted by Gasteiger charge is -2.32. The molecule has 1 aromatic heterocycles. The number of benzene rings is 2. The minimum atomic E-state index is -0.287. The predicted molar refractivity (Wildman–Crippen MR) is 117 cm³/mol. The van der Waals surface area contributed by atoms with E-state index >= 15 is 0 Å². The first-order valence-corrected chi connectivity index (χ1v) is 10.2. The third kappa shape index (κ3) is 4.48. The Hall–Kier alpha value is -3.28. The molecule has 5 nitrogen and oxygen atoms in total. The number of carbonyl (C=O) groups is 1. The van der Waals surface area contributed by atoms with E-state index in [0.717, 1.165) is 41.8 Å². The van der Waals surface area contributed by atoms with Gasteiger partial charge in [-0.1, -0.05) is 29.8 Å². The number of carbonyl (C=O) groups excluding carboxylic acids is 1. The second kappa shape index (κ2) is 8.61. The number of hydrogen-bond donors (Lipinski definition) is 1. The summed E-state index contributed by atoms with van der Waals surface area (Å²) in [6.07, 6.45) is 5.15. The molecule has 1 amide bonds. The summed E-state index contributed by atoms with van der Waals surface area (Å²) in [6, 6.07) is 12.4. The van der Waals surface area contributed by atoms with Gasteiger partial charge in [-0.05, 0) is 56.0 Å². The van der Waals surface area contributed by atoms with Crippen LogP contribution in [0.4, 0.5) is 16.0 Å². The van der Waals surface area contributed by atoms with Gasteiger partial charge in [0, 0.05) is 36.7 Å². The Kier molecular flexibility index (Phi) is 5.74. The number of anilines is 2. The van der Waals surface area contributed by atoms with Crippen LogP contribution in [0.25, 0.3) is 11.1 Å². The van der Waals surface area contributed by atoms with Crippen LogP contribution in [0.5, 0.6) is 0 Å². The van der Waals surface area contributed by atoms with Crippen LogP contribution in [-0.4, -0.2) is 29.0 Å². The van der Waals surface area contributed by atoms with Crippen LogP contribution in [0.2, 0.25) is 0 Å². The first kappa shape index (κ1) is 20.0. The summed E-state index contributed by atoms with van der Waals surface area (Å²) in [4.78, 5) is 23.8. The van der Waals surface area contributed by atoms with Gasteiger partial charge in [-0.3, -0.25) is 4.79 Å². The van der Waals surface area contributed by atoms with E-state index in [-0.39, 0.29) is 17.6 Å². The van der Waals surface area contributed by atoms with Gasteiger partial charge >= 0.3 is 0 Å². The number of nitrogens with zero attached hydrogens (tertiary/aromatic N) is 3. The van der Waals surface area contributed by atoms with Crippen molar-refractivity contribution in [3.8, 4) is 11.1 Å². The second-order valence-corrected chi connectivity index (χ2v) is 7.87. The van der Waals surface area contributed by atoms with Gasteiger partial charge in [0.05, 0.1) is 5.92 Å². The lowest BCUT2D eigenvalue weighted by atomic mass is 9.97. The third-order valence-corrected chi connectivity index (χ3v) is 5.51. The summed E-state index contributed by atoms with van der Waals surface area (Å²) in [6.45, 7) is 5.43. The first-order valence-electron chi connectivity index (χ1n) is 10.2. The SMILES string of the molecule is Cc1ccc(NC(=O)[C@H]2CCCN(c3ncc(-c4cccc(F)c4)cn3)C2)c(C)c1. The van der Waals surface area contributed by atoms with E-state index in [1.807, 2.05) is 36.9 Å². The summed E-state index contributed by atoms with van der Waals surface area (Å²) in [5.74, 6) is 0.221. The van der Waals surface area contributed by atoms with E-state index in [2.05, 4.69) is 21.4 Å². The molecule has 0 unspecified atom stereocenters. The van der Waals surface area contributed by atoms with Crippen molar-refractivity contribution in [1.29, 1.82) is 0 Å². The molecule has 2 aromatic carbocycles. The minimum absolute atomic E-state index is 0.0306. The monoisotopic (exact) mass is 404 g/mol. The standard InChI is InChI=1S/C24H25FN4O/c1-16-8-9-22(17(2)11-16)28-23(30)19-6-4-10-29(15-19)24-26-13-20(14-27-24)18-5-3-7-21(25)12-18/h3,5,7-9,11-14,19H,4,6,10,15H2,1-2H3,(H,28,30)/t19-/m0/s1. The quantitative estimate of drug-likeness (QED) is 0.681. The van der Waals surface area contributed by atoms with Crippen molar-refractivity contribution in [2.24, 2.45) is 5.92 Å². The van der Waals surface area contributed by atoms with Gasteiger partial charge < -0.3 is 10.2 Å². The molecule has 0 bridgehead atoms. The molecule has 1 fully saturated rings. The average molecular weight is 404 g/mol. The van der Waals surface area contributed by atoms with Crippen molar-refractivity contribution >= 4 is 17.5 Å². The van der Waals surface area contributed by atoms with Crippen LogP contribution in [0.3, 0.4) is 0 Å². The van der Waals surface area contributed by atoms with Gasteiger partial charge in [0.25, 0.3) is 0 Å². The molecule has 2 heterocycles. The van der Waals surface area contributed by atoms with Gasteiger partial charge in [0.2, 0.25) is 11.9 Å². The van der Waals surface area contributed by atoms with Gasteiger partial charge in [-0.2, -0.15) is 0 Å². The summed E-state index contributed by atoms with van der Waals surface area (Å²) < 4.78 is 13.5. The molecule has 1 aliphatic heterocycles. The van der Waals surface area contributed by atoms with E-state index in [0.29, 0.717) is 12.5 Å². The lowest BCUT2D eigenvalue weighted by molar-refractivity contribution is -0.120. The minimum Gasteiger partial charge on any atom is -0.340 e. The third-order valence-electron chi connectivity index (χ3n) is 5.51. The Labute approximate surface area is 176 Å². The van der Waals surface area contributed by atoms with E-state index in [1.54, 1.807) is 18.5 Å². The number of nitrogens with one attached hydrogen (secondary N) is 1. The Balaban J connectivity index is 1.44. The van der Waals surface area contributed by atoms with Crippen molar-refractivity contribution in [2.75, 3.05) is 23.3 Å². The zero-order chi connectivity index (χ0) is 21.1. The van der Waals surface area contributed by atoms with Gasteiger partial charge in [-0.25, -0.2) is 14.4 Å². The largest absolute Gasteiger partial charge is 0.340 e. The highest BCUT2D eigenvalue weighted by molar-refractivity contribution is 5.93. The Morgan fingerprint density at radius 2 is 1.90 bits per heavy atom. The molecule has 4 rings (SSSR count). The molecule has 3 aromatic rings. The number of hydrogen-bond acceptors (Lipinski definition) is 4. The normalized spacial score (nSPS) is 16.4. The highest BCUT2D eigenvalue weighted by atomic mass is 19.1. The number of piperidine rings is 1. The molecule has 154 valence electrons. The maximum atomic E-state index is 13.5. The fourth-order valence-electron chi connectivity index (χ4n) is 3.86. The van der Waals surface area contributed by atoms with E-state index in [9.17, 15) is 9.18 Å². The summed E-state index contributed by atoms with van der Waals surface area (Å²) in [5.41, 5.74) is 4.60. The molecule has 0 spiro atoms. The van der Waals surface area contributed by atoms with E-state index in [4.69, 9.17) is 0 Å². The van der Waals surface area contributed by atoms with Gasteiger partial charge in [0.1, 0.15) is 5.82 Å². The number of aryl methyl sites for hydroxylation is 2. The highest BCUT2D eigenvalue weighted by Crippen LogP contribution is 2.25. The topological polar surface area (TPSA) is 58.1 Å². The molecule has 1 saturated heterocycles. The van der Waals surface area contributed by atoms with Gasteiger partial charge in [0.15, 0.2) is 0 Å². The molecule has 30 heavy (non-hydrogen) atoms. The van der Waals surface area contributed by atoms with E-state index in [1.165, 1.54) is 17.7 Å². The molecule has 1 aliphatic rings. The highest BCUT2D eigenvalue weighted by Gasteiger charge is 2.27. The number of rotatable bonds is 4. The van der Waals surface area contributed by atoms with Crippen LogP contribution in [0.1, 0.15) is 24.0 Å². The Morgan fingerprint density at radius 3 is 2.63 bits per heavy atom. The average Bonchev–Trinajstić information content (AvgIpc) is 2.76. The first-order chi connectivity index (χ1) is 14.5. The van der Waals surface area contributed by atoms with Crippen molar-refractivity contribution in [3.05, 3.63) is 71.8 Å². The van der Waals surface area contributed by atoms with Crippen LogP contribution in [-0.2, 0) is 4.79 Å². The molecule has 1 atom stereocenters. The lowest BCUT2D eigenvalue weighted by Crippen LogP contribution is -2.41. The second-order valence-electron chi connectivity index (χ2n) is 7.87. The zero-order valence-corrected chi connectivity index (χ0v) is 17.2. The smallest absolute Gasteiger partial charge is 0.229 e. The Bertz CT molecular complexity index is 1050. The van der Waals surface area contributed by atoms with E-state index < -0.39 is 0 Å². The molecule has 0 saturated carbocycles. The van der Waals surface area contributed by atoms with Crippen LogP contribution >= 0.6 is 0 Å². The molecule has 1 N–H and O–H groups in total. The van der Waals surface area contributed by atoms with Crippen molar-refractivity contribution in [3.63, 3.8) is 0 Å². The fraction of sp³-hybridized carbons (Fsp3) is 0.292. The molecule has 6 heteroatoms. The van der Waals surface area contributed by atoms with Gasteiger partial charge in [-0.15, -0.1) is 0 Å².